The SMILES string of the molecule is CC(C)C(NC(=O)C(N)CC(=O)O)C(=O)NC(Cc1cnc[nH]1)C(=O)NC(Cc1c[nH]c2ccccc12)C(=O)O. The number of nitrogens with two attached hydrogens (primary N) is 1. The molecule has 9 N–H and O–H groups in total. The molecule has 0 aliphatic carbocycles. The molecule has 0 aliphatic heterocycles. The Morgan fingerprint density at radius 1 is 0.925 bits per heavy atom. The Hall–Kier alpha value is -4.72. The van der Waals surface area contributed by atoms with Gasteiger partial charge in [0.15, 0.2) is 0 Å². The van der Waals surface area contributed by atoms with E-state index in [1.807, 2.05) is 24.3 Å². The minimum absolute atomic E-state index is 0.0120. The average Bonchev–Trinajstić information content (AvgIpc) is 3.55. The van der Waals surface area contributed by atoms with E-state index >= 15 is 0 Å². The van der Waals surface area contributed by atoms with Crippen LogP contribution >= 0.6 is 0 Å². The Balaban J connectivity index is 1.77. The highest BCUT2D eigenvalue weighted by Crippen LogP contribution is 2.19. The number of nitrogens with zero attached hydrogens (tertiary/aromatic N) is 1. The van der Waals surface area contributed by atoms with Crippen molar-refractivity contribution in [2.45, 2.75) is 57.3 Å². The number of nitrogens with one attached hydrogen (secondary N) is 5. The molecule has 3 aromatic rings. The third-order valence-electron chi connectivity index (χ3n) is 6.30. The second-order valence-corrected chi connectivity index (χ2v) is 9.74. The van der Waals surface area contributed by atoms with E-state index in [-0.39, 0.29) is 12.8 Å². The minimum Gasteiger partial charge on any atom is -0.481 e. The van der Waals surface area contributed by atoms with Crippen LogP contribution in [0.15, 0.2) is 43.0 Å². The maximum atomic E-state index is 13.4. The standard InChI is InChI=1S/C26H33N7O7/c1-13(2)22(33-23(36)17(27)9-21(34)35)25(38)31-19(8-15-11-28-12-30-15)24(37)32-20(26(39)40)7-14-10-29-18-6-4-3-5-16(14)18/h3-6,10-13,17,19-20,22,29H,7-9,27H2,1-2H3,(H,28,30)(H,31,38)(H,32,37)(H,33,36)(H,34,35)(H,39,40). The molecule has 0 radical (unpaired) electrons. The first-order valence-corrected chi connectivity index (χ1v) is 12.6. The zero-order valence-corrected chi connectivity index (χ0v) is 22.0. The lowest BCUT2D eigenvalue weighted by Gasteiger charge is -2.26. The number of carbonyl (C=O) groups is 5. The molecular weight excluding hydrogens is 522 g/mol. The topological polar surface area (TPSA) is 232 Å². The maximum Gasteiger partial charge on any atom is 0.326 e. The third-order valence-corrected chi connectivity index (χ3v) is 6.30. The monoisotopic (exact) mass is 555 g/mol. The number of para-hydroxylation sites is 1. The van der Waals surface area contributed by atoms with Gasteiger partial charge in [0.05, 0.1) is 18.8 Å². The largest absolute Gasteiger partial charge is 0.481 e. The van der Waals surface area contributed by atoms with Gasteiger partial charge in [-0.2, -0.15) is 0 Å². The molecule has 4 unspecified atom stereocenters. The summed E-state index contributed by atoms with van der Waals surface area (Å²) in [6.07, 6.45) is 3.85. The number of amides is 3. The molecule has 3 rings (SSSR count). The summed E-state index contributed by atoms with van der Waals surface area (Å²) >= 11 is 0. The number of hydrogen-bond acceptors (Lipinski definition) is 7. The van der Waals surface area contributed by atoms with Gasteiger partial charge in [0.2, 0.25) is 17.7 Å². The van der Waals surface area contributed by atoms with Crippen molar-refractivity contribution in [1.82, 2.24) is 30.9 Å². The number of carboxylic acid groups (broad SMARTS) is 2. The number of carbonyl (C=O) groups excluding carboxylic acids is 3. The second kappa shape index (κ2) is 13.4. The van der Waals surface area contributed by atoms with Crippen molar-refractivity contribution in [1.29, 1.82) is 0 Å². The van der Waals surface area contributed by atoms with Crippen LogP contribution in [0.4, 0.5) is 0 Å². The van der Waals surface area contributed by atoms with Gasteiger partial charge in [0.25, 0.3) is 0 Å². The van der Waals surface area contributed by atoms with E-state index < -0.39 is 66.2 Å². The van der Waals surface area contributed by atoms with Crippen molar-refractivity contribution in [2.75, 3.05) is 0 Å². The summed E-state index contributed by atoms with van der Waals surface area (Å²) in [5.41, 5.74) is 7.63. The van der Waals surface area contributed by atoms with Crippen LogP contribution in [0.2, 0.25) is 0 Å². The fourth-order valence-electron chi connectivity index (χ4n) is 4.16. The van der Waals surface area contributed by atoms with Gasteiger partial charge in [0.1, 0.15) is 18.1 Å². The van der Waals surface area contributed by atoms with Crippen molar-refractivity contribution in [3.05, 3.63) is 54.2 Å². The van der Waals surface area contributed by atoms with Gasteiger partial charge in [-0.3, -0.25) is 19.2 Å². The molecule has 4 atom stereocenters. The van der Waals surface area contributed by atoms with Gasteiger partial charge in [-0.15, -0.1) is 0 Å². The molecule has 2 heterocycles. The number of H-pyrrole nitrogens is 2. The van der Waals surface area contributed by atoms with Crippen molar-refractivity contribution < 1.29 is 34.2 Å². The van der Waals surface area contributed by atoms with Crippen molar-refractivity contribution in [3.63, 3.8) is 0 Å². The summed E-state index contributed by atoms with van der Waals surface area (Å²) in [6, 6.07) is 2.29. The molecule has 14 nitrogen and oxygen atoms in total. The molecule has 0 spiro atoms. The molecule has 0 saturated carbocycles. The zero-order valence-electron chi connectivity index (χ0n) is 22.0. The maximum absolute atomic E-state index is 13.4. The lowest BCUT2D eigenvalue weighted by atomic mass is 10.0. The number of aromatic nitrogens is 3. The lowest BCUT2D eigenvalue weighted by molar-refractivity contribution is -0.142. The quantitative estimate of drug-likeness (QED) is 0.130. The van der Waals surface area contributed by atoms with Crippen LogP contribution in [0, 0.1) is 5.92 Å². The summed E-state index contributed by atoms with van der Waals surface area (Å²) in [5.74, 6) is -5.31. The highest BCUT2D eigenvalue weighted by atomic mass is 16.4. The van der Waals surface area contributed by atoms with Crippen LogP contribution < -0.4 is 21.7 Å². The van der Waals surface area contributed by atoms with Crippen molar-refractivity contribution in [3.8, 4) is 0 Å². The lowest BCUT2D eigenvalue weighted by Crippen LogP contribution is -2.59. The average molecular weight is 556 g/mol. The summed E-state index contributed by atoms with van der Waals surface area (Å²) in [6.45, 7) is 3.30. The Labute approximate surface area is 229 Å². The van der Waals surface area contributed by atoms with Crippen LogP contribution in [0.25, 0.3) is 10.9 Å². The van der Waals surface area contributed by atoms with Gasteiger partial charge in [-0.1, -0.05) is 32.0 Å². The van der Waals surface area contributed by atoms with Crippen molar-refractivity contribution in [2.24, 2.45) is 11.7 Å². The summed E-state index contributed by atoms with van der Waals surface area (Å²) in [5, 5.41) is 27.1. The Bertz CT molecular complexity index is 1350. The molecule has 40 heavy (non-hydrogen) atoms. The summed E-state index contributed by atoms with van der Waals surface area (Å²) < 4.78 is 0. The first-order valence-electron chi connectivity index (χ1n) is 12.6. The van der Waals surface area contributed by atoms with Crippen LogP contribution in [0.3, 0.4) is 0 Å². The fraction of sp³-hybridized carbons (Fsp3) is 0.385. The molecule has 14 heteroatoms. The van der Waals surface area contributed by atoms with E-state index in [1.54, 1.807) is 20.0 Å². The molecule has 0 fully saturated rings. The predicted octanol–water partition coefficient (Wildman–Crippen LogP) is -0.327. The molecule has 2 aromatic heterocycles. The van der Waals surface area contributed by atoms with Crippen LogP contribution in [0.1, 0.15) is 31.5 Å². The molecule has 0 saturated heterocycles. The number of aromatic amines is 2. The minimum atomic E-state index is -1.38. The molecule has 1 aromatic carbocycles. The van der Waals surface area contributed by atoms with E-state index in [1.165, 1.54) is 12.5 Å². The van der Waals surface area contributed by atoms with E-state index in [2.05, 4.69) is 30.9 Å². The number of imidazole rings is 1. The van der Waals surface area contributed by atoms with Gasteiger partial charge in [-0.05, 0) is 17.5 Å². The normalized spacial score (nSPS) is 14.2. The van der Waals surface area contributed by atoms with Gasteiger partial charge < -0.3 is 41.9 Å². The van der Waals surface area contributed by atoms with E-state index in [4.69, 9.17) is 10.8 Å². The predicted molar refractivity (Wildman–Crippen MR) is 143 cm³/mol. The Kier molecular flexibility index (Phi) is 9.97. The highest BCUT2D eigenvalue weighted by molar-refractivity contribution is 5.95. The fourth-order valence-corrected chi connectivity index (χ4v) is 4.16. The third kappa shape index (κ3) is 7.89. The van der Waals surface area contributed by atoms with E-state index in [0.29, 0.717) is 11.3 Å². The number of hydrogen-bond donors (Lipinski definition) is 8. The number of fused-ring (bicyclic) bond motifs is 1. The molecule has 3 amide bonds. The summed E-state index contributed by atoms with van der Waals surface area (Å²) in [4.78, 5) is 71.8. The molecular formula is C26H33N7O7. The van der Waals surface area contributed by atoms with Gasteiger partial charge >= 0.3 is 11.9 Å². The van der Waals surface area contributed by atoms with E-state index in [9.17, 15) is 29.1 Å². The van der Waals surface area contributed by atoms with Gasteiger partial charge in [0, 0.05) is 41.8 Å². The van der Waals surface area contributed by atoms with Crippen LogP contribution in [-0.2, 0) is 36.8 Å². The summed E-state index contributed by atoms with van der Waals surface area (Å²) in [7, 11) is 0. The zero-order chi connectivity index (χ0) is 29.4. The number of benzene rings is 1. The Morgan fingerprint density at radius 3 is 2.25 bits per heavy atom. The number of carboxylic acids is 2. The second-order valence-electron chi connectivity index (χ2n) is 9.74. The molecule has 0 bridgehead atoms. The number of aliphatic carboxylic acids is 2. The molecule has 214 valence electrons. The highest BCUT2D eigenvalue weighted by Gasteiger charge is 2.32. The number of rotatable bonds is 14. The van der Waals surface area contributed by atoms with Crippen molar-refractivity contribution >= 4 is 40.6 Å². The van der Waals surface area contributed by atoms with Crippen LogP contribution in [0.5, 0.6) is 0 Å². The first kappa shape index (κ1) is 29.8. The first-order chi connectivity index (χ1) is 19.0. The Morgan fingerprint density at radius 2 is 1.62 bits per heavy atom. The van der Waals surface area contributed by atoms with E-state index in [0.717, 1.165) is 10.9 Å². The molecule has 0 aliphatic rings. The smallest absolute Gasteiger partial charge is 0.326 e. The van der Waals surface area contributed by atoms with Crippen LogP contribution in [-0.4, -0.2) is 79.0 Å². The van der Waals surface area contributed by atoms with Gasteiger partial charge in [-0.25, -0.2) is 9.78 Å².